The van der Waals surface area contributed by atoms with E-state index in [9.17, 15) is 4.79 Å². The fourth-order valence-electron chi connectivity index (χ4n) is 1.04. The van der Waals surface area contributed by atoms with Gasteiger partial charge >= 0.3 is 0 Å². The van der Waals surface area contributed by atoms with Gasteiger partial charge in [-0.05, 0) is 31.4 Å². The fourth-order valence-corrected chi connectivity index (χ4v) is 1.97. The average Bonchev–Trinajstić information content (AvgIpc) is 2.16. The third-order valence-corrected chi connectivity index (χ3v) is 2.98. The topological polar surface area (TPSA) is 64.3 Å². The largest absolute Gasteiger partial charge is 0.385 e. The van der Waals surface area contributed by atoms with Crippen molar-refractivity contribution in [2.24, 2.45) is 5.73 Å². The van der Waals surface area contributed by atoms with Gasteiger partial charge in [0, 0.05) is 13.7 Å². The summed E-state index contributed by atoms with van der Waals surface area (Å²) >= 11 is 1.83. The molecule has 0 aromatic heterocycles. The quantitative estimate of drug-likeness (QED) is 0.546. The van der Waals surface area contributed by atoms with E-state index < -0.39 is 0 Å². The summed E-state index contributed by atoms with van der Waals surface area (Å²) in [5.41, 5.74) is 5.18. The van der Waals surface area contributed by atoms with Crippen LogP contribution in [0.5, 0.6) is 0 Å². The maximum atomic E-state index is 10.8. The molecule has 14 heavy (non-hydrogen) atoms. The van der Waals surface area contributed by atoms with Crippen LogP contribution in [-0.2, 0) is 9.53 Å². The second-order valence-electron chi connectivity index (χ2n) is 2.99. The lowest BCUT2D eigenvalue weighted by atomic mass is 10.2. The van der Waals surface area contributed by atoms with E-state index in [1.807, 2.05) is 11.8 Å². The molecule has 0 heterocycles. The zero-order valence-corrected chi connectivity index (χ0v) is 9.73. The summed E-state index contributed by atoms with van der Waals surface area (Å²) in [5, 5.41) is 2.89. The van der Waals surface area contributed by atoms with Crippen molar-refractivity contribution in [3.63, 3.8) is 0 Å². The van der Waals surface area contributed by atoms with Crippen LogP contribution in [0.1, 0.15) is 12.8 Å². The first-order valence-electron chi connectivity index (χ1n) is 4.75. The molecule has 0 bridgehead atoms. The van der Waals surface area contributed by atoms with Crippen molar-refractivity contribution in [3.8, 4) is 0 Å². The number of primary amides is 1. The monoisotopic (exact) mass is 220 g/mol. The van der Waals surface area contributed by atoms with Crippen molar-refractivity contribution < 1.29 is 9.53 Å². The summed E-state index contributed by atoms with van der Waals surface area (Å²) in [4.78, 5) is 10.8. The SMILES string of the molecule is CNC(CCSCCCOC)C(N)=O. The van der Waals surface area contributed by atoms with Crippen molar-refractivity contribution in [3.05, 3.63) is 0 Å². The second-order valence-corrected chi connectivity index (χ2v) is 4.22. The van der Waals surface area contributed by atoms with Crippen molar-refractivity contribution in [2.45, 2.75) is 18.9 Å². The number of thioether (sulfide) groups is 1. The molecule has 5 heteroatoms. The van der Waals surface area contributed by atoms with Crippen molar-refractivity contribution >= 4 is 17.7 Å². The van der Waals surface area contributed by atoms with Gasteiger partial charge in [0.1, 0.15) is 0 Å². The summed E-state index contributed by atoms with van der Waals surface area (Å²) in [5.74, 6) is 1.76. The van der Waals surface area contributed by atoms with Crippen LogP contribution >= 0.6 is 11.8 Å². The molecule has 1 atom stereocenters. The molecule has 4 nitrogen and oxygen atoms in total. The molecule has 84 valence electrons. The van der Waals surface area contributed by atoms with Crippen LogP contribution in [0.2, 0.25) is 0 Å². The third-order valence-electron chi connectivity index (χ3n) is 1.88. The number of rotatable bonds is 9. The van der Waals surface area contributed by atoms with E-state index in [0.29, 0.717) is 0 Å². The summed E-state index contributed by atoms with van der Waals surface area (Å²) in [6, 6.07) is -0.190. The number of methoxy groups -OCH3 is 1. The predicted octanol–water partition coefficient (Wildman–Crippen LogP) is 0.220. The lowest BCUT2D eigenvalue weighted by Crippen LogP contribution is -2.39. The smallest absolute Gasteiger partial charge is 0.234 e. The first-order chi connectivity index (χ1) is 6.72. The minimum atomic E-state index is -0.273. The van der Waals surface area contributed by atoms with Crippen LogP contribution in [0, 0.1) is 0 Å². The average molecular weight is 220 g/mol. The van der Waals surface area contributed by atoms with E-state index in [1.165, 1.54) is 0 Å². The van der Waals surface area contributed by atoms with Gasteiger partial charge < -0.3 is 15.8 Å². The van der Waals surface area contributed by atoms with Gasteiger partial charge in [-0.25, -0.2) is 0 Å². The summed E-state index contributed by atoms with van der Waals surface area (Å²) < 4.78 is 4.93. The van der Waals surface area contributed by atoms with Gasteiger partial charge in [0.2, 0.25) is 5.91 Å². The number of carbonyl (C=O) groups is 1. The summed E-state index contributed by atoms with van der Waals surface area (Å²) in [6.07, 6.45) is 1.85. The first-order valence-corrected chi connectivity index (χ1v) is 5.91. The highest BCUT2D eigenvalue weighted by Gasteiger charge is 2.11. The van der Waals surface area contributed by atoms with Crippen LogP contribution in [0.15, 0.2) is 0 Å². The number of hydrogen-bond donors (Lipinski definition) is 2. The van der Waals surface area contributed by atoms with Gasteiger partial charge in [0.25, 0.3) is 0 Å². The van der Waals surface area contributed by atoms with Crippen LogP contribution in [0.3, 0.4) is 0 Å². The number of hydrogen-bond acceptors (Lipinski definition) is 4. The normalized spacial score (nSPS) is 12.7. The summed E-state index contributed by atoms with van der Waals surface area (Å²) in [7, 11) is 3.46. The number of nitrogens with two attached hydrogens (primary N) is 1. The molecule has 1 unspecified atom stereocenters. The van der Waals surface area contributed by atoms with Gasteiger partial charge in [-0.3, -0.25) is 4.79 Å². The maximum Gasteiger partial charge on any atom is 0.234 e. The Balaban J connectivity index is 3.29. The van der Waals surface area contributed by atoms with Crippen LogP contribution in [0.25, 0.3) is 0 Å². The van der Waals surface area contributed by atoms with E-state index >= 15 is 0 Å². The van der Waals surface area contributed by atoms with E-state index in [0.717, 1.165) is 31.0 Å². The Labute approximate surface area is 89.9 Å². The molecule has 0 aromatic rings. The van der Waals surface area contributed by atoms with Crippen LogP contribution in [-0.4, -0.2) is 44.2 Å². The summed E-state index contributed by atoms with van der Waals surface area (Å²) in [6.45, 7) is 0.804. The Morgan fingerprint density at radius 2 is 2.29 bits per heavy atom. The molecule has 0 radical (unpaired) electrons. The first kappa shape index (κ1) is 13.7. The molecule has 0 fully saturated rings. The van der Waals surface area contributed by atoms with Gasteiger partial charge in [-0.1, -0.05) is 0 Å². The fraction of sp³-hybridized carbons (Fsp3) is 0.889. The highest BCUT2D eigenvalue weighted by atomic mass is 32.2. The number of carbonyl (C=O) groups excluding carboxylic acids is 1. The molecule has 0 aliphatic heterocycles. The van der Waals surface area contributed by atoms with Gasteiger partial charge in [0.15, 0.2) is 0 Å². The molecule has 0 spiro atoms. The van der Waals surface area contributed by atoms with Gasteiger partial charge in [-0.15, -0.1) is 0 Å². The molecule has 0 rings (SSSR count). The van der Waals surface area contributed by atoms with Crippen LogP contribution < -0.4 is 11.1 Å². The van der Waals surface area contributed by atoms with E-state index in [4.69, 9.17) is 10.5 Å². The van der Waals surface area contributed by atoms with E-state index in [2.05, 4.69) is 5.32 Å². The van der Waals surface area contributed by atoms with E-state index in [-0.39, 0.29) is 11.9 Å². The van der Waals surface area contributed by atoms with Crippen molar-refractivity contribution in [1.29, 1.82) is 0 Å². The lowest BCUT2D eigenvalue weighted by Gasteiger charge is -2.11. The van der Waals surface area contributed by atoms with Crippen LogP contribution in [0.4, 0.5) is 0 Å². The molecule has 3 N–H and O–H groups in total. The number of nitrogens with one attached hydrogen (secondary N) is 1. The standard InChI is InChI=1S/C9H20N2O2S/c1-11-8(9(10)12)4-7-14-6-3-5-13-2/h8,11H,3-7H2,1-2H3,(H2,10,12). The Hall–Kier alpha value is -0.260. The molecular weight excluding hydrogens is 200 g/mol. The van der Waals surface area contributed by atoms with Gasteiger partial charge in [-0.2, -0.15) is 11.8 Å². The Bertz CT molecular complexity index is 156. The van der Waals surface area contributed by atoms with Crippen molar-refractivity contribution in [1.82, 2.24) is 5.32 Å². The molecular formula is C9H20N2O2S. The van der Waals surface area contributed by atoms with E-state index in [1.54, 1.807) is 14.2 Å². The zero-order valence-electron chi connectivity index (χ0n) is 8.91. The number of ether oxygens (including phenoxy) is 1. The molecule has 0 aliphatic carbocycles. The maximum absolute atomic E-state index is 10.8. The molecule has 0 saturated carbocycles. The minimum Gasteiger partial charge on any atom is -0.385 e. The molecule has 0 aromatic carbocycles. The van der Waals surface area contributed by atoms with Crippen molar-refractivity contribution in [2.75, 3.05) is 32.3 Å². The van der Waals surface area contributed by atoms with Gasteiger partial charge in [0.05, 0.1) is 6.04 Å². The lowest BCUT2D eigenvalue weighted by molar-refractivity contribution is -0.119. The predicted molar refractivity (Wildman–Crippen MR) is 60.5 cm³/mol. The third kappa shape index (κ3) is 7.17. The Kier molecular flexibility index (Phi) is 9.13. The molecule has 0 aliphatic rings. The number of amides is 1. The minimum absolute atomic E-state index is 0.190. The number of likely N-dealkylation sites (N-methyl/N-ethyl adjacent to an activating group) is 1. The Morgan fingerprint density at radius 3 is 2.79 bits per heavy atom. The second kappa shape index (κ2) is 9.30. The highest BCUT2D eigenvalue weighted by Crippen LogP contribution is 2.06. The zero-order chi connectivity index (χ0) is 10.8. The molecule has 1 amide bonds. The highest BCUT2D eigenvalue weighted by molar-refractivity contribution is 7.99. The Morgan fingerprint density at radius 1 is 1.57 bits per heavy atom. The molecule has 0 saturated heterocycles.